The summed E-state index contributed by atoms with van der Waals surface area (Å²) in [5.41, 5.74) is 2.01. The Morgan fingerprint density at radius 2 is 2.15 bits per heavy atom. The zero-order chi connectivity index (χ0) is 14.5. The molecule has 0 atom stereocenters. The number of aliphatic carboxylic acids is 1. The molecule has 1 saturated carbocycles. The Morgan fingerprint density at radius 1 is 1.45 bits per heavy atom. The number of carbonyl (C=O) groups is 1. The number of benzene rings is 1. The molecular weight excluding hydrogens is 318 g/mol. The monoisotopic (exact) mass is 337 g/mol. The van der Waals surface area contributed by atoms with Crippen molar-refractivity contribution < 1.29 is 9.90 Å². The molecule has 4 heteroatoms. The van der Waals surface area contributed by atoms with E-state index in [9.17, 15) is 4.79 Å². The van der Waals surface area contributed by atoms with Gasteiger partial charge in [0.25, 0.3) is 0 Å². The smallest absolute Gasteiger partial charge is 0.328 e. The van der Waals surface area contributed by atoms with Crippen LogP contribution in [0.25, 0.3) is 6.08 Å². The molecule has 0 aromatic heterocycles. The summed E-state index contributed by atoms with van der Waals surface area (Å²) < 4.78 is 0.959. The Morgan fingerprint density at radius 3 is 2.80 bits per heavy atom. The van der Waals surface area contributed by atoms with Crippen LogP contribution in [0.5, 0.6) is 0 Å². The molecule has 1 fully saturated rings. The highest BCUT2D eigenvalue weighted by atomic mass is 79.9. The lowest BCUT2D eigenvalue weighted by Crippen LogP contribution is -2.24. The third-order valence-corrected chi connectivity index (χ3v) is 4.31. The van der Waals surface area contributed by atoms with Gasteiger partial charge in [-0.2, -0.15) is 0 Å². The highest BCUT2D eigenvalue weighted by molar-refractivity contribution is 9.10. The van der Waals surface area contributed by atoms with Crippen LogP contribution in [0.2, 0.25) is 0 Å². The molecule has 1 aliphatic rings. The number of rotatable bonds is 5. The van der Waals surface area contributed by atoms with Crippen LogP contribution in [-0.2, 0) is 4.79 Å². The van der Waals surface area contributed by atoms with Crippen molar-refractivity contribution in [3.05, 3.63) is 34.3 Å². The molecule has 1 N–H and O–H groups in total. The maximum Gasteiger partial charge on any atom is 0.328 e. The Balaban J connectivity index is 2.18. The highest BCUT2D eigenvalue weighted by Crippen LogP contribution is 2.30. The van der Waals surface area contributed by atoms with Crippen molar-refractivity contribution in [2.45, 2.75) is 25.7 Å². The first-order chi connectivity index (χ1) is 9.56. The predicted molar refractivity (Wildman–Crippen MR) is 86.0 cm³/mol. The van der Waals surface area contributed by atoms with Gasteiger partial charge in [0.15, 0.2) is 0 Å². The van der Waals surface area contributed by atoms with Gasteiger partial charge in [-0.05, 0) is 48.6 Å². The Labute approximate surface area is 128 Å². The topological polar surface area (TPSA) is 40.5 Å². The van der Waals surface area contributed by atoms with E-state index in [1.165, 1.54) is 31.8 Å². The first kappa shape index (κ1) is 15.1. The van der Waals surface area contributed by atoms with Gasteiger partial charge in [-0.1, -0.05) is 28.8 Å². The molecule has 1 aromatic carbocycles. The van der Waals surface area contributed by atoms with Crippen LogP contribution in [-0.4, -0.2) is 24.7 Å². The summed E-state index contributed by atoms with van der Waals surface area (Å²) in [6.07, 6.45) is 8.14. The lowest BCUT2D eigenvalue weighted by molar-refractivity contribution is -0.131. The standard InChI is InChI=1S/C16H20BrNO2/c1-18(11-12-4-2-3-5-12)15-8-7-14(17)10-13(15)6-9-16(19)20/h6-10,12H,2-5,11H2,1H3,(H,19,20)/b9-6+. The van der Waals surface area contributed by atoms with Gasteiger partial charge in [-0.15, -0.1) is 0 Å². The third-order valence-electron chi connectivity index (χ3n) is 3.81. The van der Waals surface area contributed by atoms with Crippen LogP contribution >= 0.6 is 15.9 Å². The zero-order valence-electron chi connectivity index (χ0n) is 11.7. The summed E-state index contributed by atoms with van der Waals surface area (Å²) in [7, 11) is 2.08. The first-order valence-electron chi connectivity index (χ1n) is 6.98. The fourth-order valence-corrected chi connectivity index (χ4v) is 3.22. The normalized spacial score (nSPS) is 15.9. The second-order valence-electron chi connectivity index (χ2n) is 5.41. The van der Waals surface area contributed by atoms with E-state index < -0.39 is 5.97 Å². The Kier molecular flexibility index (Phi) is 5.24. The second-order valence-corrected chi connectivity index (χ2v) is 6.32. The Bertz CT molecular complexity index is 507. The van der Waals surface area contributed by atoms with Crippen LogP contribution in [0.15, 0.2) is 28.7 Å². The van der Waals surface area contributed by atoms with E-state index in [2.05, 4.69) is 27.9 Å². The van der Waals surface area contributed by atoms with E-state index in [4.69, 9.17) is 5.11 Å². The van der Waals surface area contributed by atoms with Crippen molar-refractivity contribution in [3.63, 3.8) is 0 Å². The van der Waals surface area contributed by atoms with E-state index >= 15 is 0 Å². The maximum atomic E-state index is 10.7. The molecule has 0 saturated heterocycles. The summed E-state index contributed by atoms with van der Waals surface area (Å²) in [6, 6.07) is 6.00. The van der Waals surface area contributed by atoms with Crippen molar-refractivity contribution in [1.82, 2.24) is 0 Å². The molecule has 0 bridgehead atoms. The van der Waals surface area contributed by atoms with Crippen molar-refractivity contribution in [2.75, 3.05) is 18.5 Å². The molecule has 0 heterocycles. The van der Waals surface area contributed by atoms with Crippen molar-refractivity contribution in [3.8, 4) is 0 Å². The summed E-state index contributed by atoms with van der Waals surface area (Å²) >= 11 is 3.44. The van der Waals surface area contributed by atoms with Crippen molar-refractivity contribution >= 4 is 33.7 Å². The van der Waals surface area contributed by atoms with E-state index in [0.717, 1.165) is 28.2 Å². The molecular formula is C16H20BrNO2. The number of carboxylic acid groups (broad SMARTS) is 1. The molecule has 3 nitrogen and oxygen atoms in total. The highest BCUT2D eigenvalue weighted by Gasteiger charge is 2.18. The molecule has 0 radical (unpaired) electrons. The zero-order valence-corrected chi connectivity index (χ0v) is 13.3. The SMILES string of the molecule is CN(CC1CCCC1)c1ccc(Br)cc1/C=C/C(=O)O. The molecule has 108 valence electrons. The maximum absolute atomic E-state index is 10.7. The van der Waals surface area contributed by atoms with Crippen molar-refractivity contribution in [2.24, 2.45) is 5.92 Å². The number of hydrogen-bond acceptors (Lipinski definition) is 2. The third kappa shape index (κ3) is 4.10. The number of carboxylic acids is 1. The largest absolute Gasteiger partial charge is 0.478 e. The fourth-order valence-electron chi connectivity index (χ4n) is 2.85. The minimum Gasteiger partial charge on any atom is -0.478 e. The molecule has 0 spiro atoms. The van der Waals surface area contributed by atoms with E-state index in [0.29, 0.717) is 0 Å². The summed E-state index contributed by atoms with van der Waals surface area (Å²) in [6.45, 7) is 1.04. The van der Waals surface area contributed by atoms with Gasteiger partial charge in [0.2, 0.25) is 0 Å². The number of halogens is 1. The second kappa shape index (κ2) is 6.93. The van der Waals surface area contributed by atoms with Gasteiger partial charge < -0.3 is 10.0 Å². The molecule has 0 amide bonds. The van der Waals surface area contributed by atoms with Crippen molar-refractivity contribution in [1.29, 1.82) is 0 Å². The van der Waals surface area contributed by atoms with Crippen LogP contribution < -0.4 is 4.90 Å². The first-order valence-corrected chi connectivity index (χ1v) is 7.77. The number of hydrogen-bond donors (Lipinski definition) is 1. The average molecular weight is 338 g/mol. The quantitative estimate of drug-likeness (QED) is 0.819. The summed E-state index contributed by atoms with van der Waals surface area (Å²) in [5.74, 6) is -0.158. The lowest BCUT2D eigenvalue weighted by atomic mass is 10.1. The van der Waals surface area contributed by atoms with Gasteiger partial charge in [-0.25, -0.2) is 4.79 Å². The summed E-state index contributed by atoms with van der Waals surface area (Å²) in [4.78, 5) is 12.9. The molecule has 0 unspecified atom stereocenters. The van der Waals surface area contributed by atoms with Gasteiger partial charge in [0, 0.05) is 29.8 Å². The van der Waals surface area contributed by atoms with Gasteiger partial charge in [-0.3, -0.25) is 0 Å². The summed E-state index contributed by atoms with van der Waals surface area (Å²) in [5, 5.41) is 8.79. The van der Waals surface area contributed by atoms with Gasteiger partial charge in [0.1, 0.15) is 0 Å². The fraction of sp³-hybridized carbons (Fsp3) is 0.438. The average Bonchev–Trinajstić information content (AvgIpc) is 2.89. The minimum absolute atomic E-state index is 0.764. The molecule has 20 heavy (non-hydrogen) atoms. The van der Waals surface area contributed by atoms with E-state index in [1.807, 2.05) is 18.2 Å². The minimum atomic E-state index is -0.922. The van der Waals surface area contributed by atoms with Gasteiger partial charge in [0.05, 0.1) is 0 Å². The van der Waals surface area contributed by atoms with Crippen LogP contribution in [0.4, 0.5) is 5.69 Å². The molecule has 0 aliphatic heterocycles. The van der Waals surface area contributed by atoms with Crippen LogP contribution in [0.3, 0.4) is 0 Å². The van der Waals surface area contributed by atoms with E-state index in [1.54, 1.807) is 6.08 Å². The lowest BCUT2D eigenvalue weighted by Gasteiger charge is -2.25. The predicted octanol–water partition coefficient (Wildman–Crippen LogP) is 4.17. The van der Waals surface area contributed by atoms with Crippen LogP contribution in [0.1, 0.15) is 31.2 Å². The van der Waals surface area contributed by atoms with Crippen LogP contribution in [0, 0.1) is 5.92 Å². The number of nitrogens with zero attached hydrogens (tertiary/aromatic N) is 1. The Hall–Kier alpha value is -1.29. The van der Waals surface area contributed by atoms with Gasteiger partial charge >= 0.3 is 5.97 Å². The van der Waals surface area contributed by atoms with E-state index in [-0.39, 0.29) is 0 Å². The number of anilines is 1. The molecule has 1 aliphatic carbocycles. The molecule has 1 aromatic rings. The molecule has 2 rings (SSSR count).